The van der Waals surface area contributed by atoms with Gasteiger partial charge >= 0.3 is 5.97 Å². The molecule has 1 aliphatic carbocycles. The molecule has 0 aliphatic heterocycles. The number of hydrogen-bond acceptors (Lipinski definition) is 3. The van der Waals surface area contributed by atoms with E-state index in [0.717, 1.165) is 32.2 Å². The molecule has 1 aromatic rings. The number of thiophene rings is 1. The number of carbonyl (C=O) groups is 1. The van der Waals surface area contributed by atoms with Crippen LogP contribution in [0.25, 0.3) is 0 Å². The fourth-order valence-electron chi connectivity index (χ4n) is 2.26. The molecule has 0 radical (unpaired) electrons. The van der Waals surface area contributed by atoms with Gasteiger partial charge in [-0.25, -0.2) is 0 Å². The van der Waals surface area contributed by atoms with Crippen molar-refractivity contribution in [2.24, 2.45) is 5.92 Å². The van der Waals surface area contributed by atoms with Gasteiger partial charge in [-0.2, -0.15) is 0 Å². The van der Waals surface area contributed by atoms with Crippen molar-refractivity contribution < 1.29 is 9.90 Å². The summed E-state index contributed by atoms with van der Waals surface area (Å²) < 4.78 is 0. The Kier molecular flexibility index (Phi) is 3.96. The SMILES string of the molecule is O=C(O)C1CCCC(NCc2cccs2)C1. The quantitative estimate of drug-likeness (QED) is 0.848. The lowest BCUT2D eigenvalue weighted by atomic mass is 9.86. The predicted octanol–water partition coefficient (Wildman–Crippen LogP) is 2.48. The zero-order chi connectivity index (χ0) is 11.4. The molecule has 0 spiro atoms. The number of carboxylic acids is 1. The van der Waals surface area contributed by atoms with Crippen molar-refractivity contribution in [1.29, 1.82) is 0 Å². The van der Waals surface area contributed by atoms with Gasteiger partial charge in [-0.05, 0) is 30.7 Å². The molecule has 0 bridgehead atoms. The Balaban J connectivity index is 1.79. The largest absolute Gasteiger partial charge is 0.481 e. The summed E-state index contributed by atoms with van der Waals surface area (Å²) in [5.41, 5.74) is 0. The van der Waals surface area contributed by atoms with Crippen LogP contribution in [0.2, 0.25) is 0 Å². The molecule has 1 fully saturated rings. The van der Waals surface area contributed by atoms with Gasteiger partial charge in [-0.3, -0.25) is 4.79 Å². The molecule has 0 amide bonds. The van der Waals surface area contributed by atoms with E-state index in [1.54, 1.807) is 11.3 Å². The summed E-state index contributed by atoms with van der Waals surface area (Å²) in [4.78, 5) is 12.2. The summed E-state index contributed by atoms with van der Waals surface area (Å²) in [5, 5.41) is 14.5. The molecule has 2 unspecified atom stereocenters. The van der Waals surface area contributed by atoms with E-state index in [9.17, 15) is 4.79 Å². The van der Waals surface area contributed by atoms with E-state index in [-0.39, 0.29) is 5.92 Å². The number of aliphatic carboxylic acids is 1. The third-order valence-corrected chi connectivity index (χ3v) is 4.04. The van der Waals surface area contributed by atoms with Gasteiger partial charge in [0.25, 0.3) is 0 Å². The Morgan fingerprint density at radius 1 is 1.56 bits per heavy atom. The highest BCUT2D eigenvalue weighted by Crippen LogP contribution is 2.24. The molecule has 16 heavy (non-hydrogen) atoms. The number of rotatable bonds is 4. The fraction of sp³-hybridized carbons (Fsp3) is 0.583. The van der Waals surface area contributed by atoms with Gasteiger partial charge in [0.15, 0.2) is 0 Å². The molecule has 1 aliphatic rings. The van der Waals surface area contributed by atoms with Crippen LogP contribution < -0.4 is 5.32 Å². The standard InChI is InChI=1S/C12H17NO2S/c14-12(15)9-3-1-4-10(7-9)13-8-11-5-2-6-16-11/h2,5-6,9-10,13H,1,3-4,7-8H2,(H,14,15). The molecular formula is C12H17NO2S. The Morgan fingerprint density at radius 2 is 2.44 bits per heavy atom. The maximum atomic E-state index is 10.9. The molecule has 0 aromatic carbocycles. The van der Waals surface area contributed by atoms with Crippen LogP contribution in [0.5, 0.6) is 0 Å². The molecule has 4 heteroatoms. The van der Waals surface area contributed by atoms with Crippen molar-refractivity contribution in [3.63, 3.8) is 0 Å². The highest BCUT2D eigenvalue weighted by atomic mass is 32.1. The number of carboxylic acid groups (broad SMARTS) is 1. The van der Waals surface area contributed by atoms with Gasteiger partial charge in [0, 0.05) is 17.5 Å². The van der Waals surface area contributed by atoms with Crippen molar-refractivity contribution in [2.75, 3.05) is 0 Å². The molecule has 88 valence electrons. The second-order valence-corrected chi connectivity index (χ2v) is 5.39. The minimum atomic E-state index is -0.636. The van der Waals surface area contributed by atoms with Crippen LogP contribution >= 0.6 is 11.3 Å². The Labute approximate surface area is 99.5 Å². The van der Waals surface area contributed by atoms with E-state index in [0.29, 0.717) is 6.04 Å². The first-order chi connectivity index (χ1) is 7.75. The summed E-state index contributed by atoms with van der Waals surface area (Å²) in [6.07, 6.45) is 3.75. The minimum absolute atomic E-state index is 0.144. The van der Waals surface area contributed by atoms with E-state index in [4.69, 9.17) is 5.11 Å². The van der Waals surface area contributed by atoms with Crippen LogP contribution in [0.4, 0.5) is 0 Å². The number of nitrogens with one attached hydrogen (secondary N) is 1. The summed E-state index contributed by atoms with van der Waals surface area (Å²) >= 11 is 1.74. The Bertz CT molecular complexity index is 337. The molecule has 3 nitrogen and oxygen atoms in total. The van der Waals surface area contributed by atoms with Crippen molar-refractivity contribution in [2.45, 2.75) is 38.3 Å². The molecule has 2 N–H and O–H groups in total. The van der Waals surface area contributed by atoms with Crippen LogP contribution in [0.1, 0.15) is 30.6 Å². The van der Waals surface area contributed by atoms with Gasteiger partial charge in [0.05, 0.1) is 5.92 Å². The van der Waals surface area contributed by atoms with Crippen LogP contribution in [0.3, 0.4) is 0 Å². The second kappa shape index (κ2) is 5.46. The Morgan fingerprint density at radius 3 is 3.12 bits per heavy atom. The van der Waals surface area contributed by atoms with E-state index in [1.165, 1.54) is 4.88 Å². The first-order valence-electron chi connectivity index (χ1n) is 5.74. The van der Waals surface area contributed by atoms with E-state index < -0.39 is 5.97 Å². The van der Waals surface area contributed by atoms with E-state index >= 15 is 0 Å². The zero-order valence-corrected chi connectivity index (χ0v) is 10.0. The average Bonchev–Trinajstić information content (AvgIpc) is 2.79. The lowest BCUT2D eigenvalue weighted by Crippen LogP contribution is -2.35. The summed E-state index contributed by atoms with van der Waals surface area (Å²) in [7, 11) is 0. The summed E-state index contributed by atoms with van der Waals surface area (Å²) in [5.74, 6) is -0.780. The zero-order valence-electron chi connectivity index (χ0n) is 9.19. The molecule has 1 saturated carbocycles. The van der Waals surface area contributed by atoms with Crippen molar-refractivity contribution in [3.05, 3.63) is 22.4 Å². The third kappa shape index (κ3) is 3.06. The van der Waals surface area contributed by atoms with Crippen LogP contribution in [-0.2, 0) is 11.3 Å². The smallest absolute Gasteiger partial charge is 0.306 e. The molecule has 2 rings (SSSR count). The first kappa shape index (κ1) is 11.6. The topological polar surface area (TPSA) is 49.3 Å². The fourth-order valence-corrected chi connectivity index (χ4v) is 2.91. The summed E-state index contributed by atoms with van der Waals surface area (Å²) in [6.45, 7) is 0.870. The van der Waals surface area contributed by atoms with Gasteiger partial charge in [-0.15, -0.1) is 11.3 Å². The molecule has 1 aromatic heterocycles. The predicted molar refractivity (Wildman–Crippen MR) is 64.5 cm³/mol. The van der Waals surface area contributed by atoms with Crippen LogP contribution in [0.15, 0.2) is 17.5 Å². The average molecular weight is 239 g/mol. The third-order valence-electron chi connectivity index (χ3n) is 3.17. The van der Waals surface area contributed by atoms with E-state index in [2.05, 4.69) is 16.8 Å². The highest BCUT2D eigenvalue weighted by Gasteiger charge is 2.26. The van der Waals surface area contributed by atoms with Gasteiger partial charge in [-0.1, -0.05) is 12.5 Å². The summed E-state index contributed by atoms with van der Waals surface area (Å²) in [6, 6.07) is 4.52. The monoisotopic (exact) mass is 239 g/mol. The molecule has 1 heterocycles. The normalized spacial score (nSPS) is 25.5. The van der Waals surface area contributed by atoms with Crippen LogP contribution in [-0.4, -0.2) is 17.1 Å². The molecular weight excluding hydrogens is 222 g/mol. The van der Waals surface area contributed by atoms with Gasteiger partial charge in [0.2, 0.25) is 0 Å². The van der Waals surface area contributed by atoms with Gasteiger partial charge < -0.3 is 10.4 Å². The maximum absolute atomic E-state index is 10.9. The first-order valence-corrected chi connectivity index (χ1v) is 6.62. The number of hydrogen-bond donors (Lipinski definition) is 2. The van der Waals surface area contributed by atoms with Gasteiger partial charge in [0.1, 0.15) is 0 Å². The van der Waals surface area contributed by atoms with Crippen LogP contribution in [0, 0.1) is 5.92 Å². The van der Waals surface area contributed by atoms with Crippen molar-refractivity contribution in [1.82, 2.24) is 5.32 Å². The Hall–Kier alpha value is -0.870. The minimum Gasteiger partial charge on any atom is -0.481 e. The van der Waals surface area contributed by atoms with E-state index in [1.807, 2.05) is 6.07 Å². The lowest BCUT2D eigenvalue weighted by molar-refractivity contribution is -0.143. The maximum Gasteiger partial charge on any atom is 0.306 e. The lowest BCUT2D eigenvalue weighted by Gasteiger charge is -2.27. The van der Waals surface area contributed by atoms with Crippen molar-refractivity contribution in [3.8, 4) is 0 Å². The molecule has 2 atom stereocenters. The van der Waals surface area contributed by atoms with Crippen molar-refractivity contribution >= 4 is 17.3 Å². The second-order valence-electron chi connectivity index (χ2n) is 4.36. The molecule has 0 saturated heterocycles. The highest BCUT2D eigenvalue weighted by molar-refractivity contribution is 7.09.